The lowest BCUT2D eigenvalue weighted by atomic mass is 10.0. The normalized spacial score (nSPS) is 11.7. The van der Waals surface area contributed by atoms with Crippen LogP contribution in [0.15, 0.2) is 24.3 Å². The highest BCUT2D eigenvalue weighted by atomic mass is 19.1. The highest BCUT2D eigenvalue weighted by molar-refractivity contribution is 5.19. The number of hydrogen-bond donors (Lipinski definition) is 1. The number of nitrogens with one attached hydrogen (secondary N) is 1. The van der Waals surface area contributed by atoms with Gasteiger partial charge in [0.25, 0.3) is 0 Å². The van der Waals surface area contributed by atoms with Crippen LogP contribution in [-0.4, -0.2) is 6.54 Å². The summed E-state index contributed by atoms with van der Waals surface area (Å²) >= 11 is 0. The van der Waals surface area contributed by atoms with Crippen LogP contribution >= 0.6 is 0 Å². The summed E-state index contributed by atoms with van der Waals surface area (Å²) in [6.45, 7) is 4.83. The van der Waals surface area contributed by atoms with E-state index in [1.807, 2.05) is 19.1 Å². The third-order valence-electron chi connectivity index (χ3n) is 2.50. The third-order valence-corrected chi connectivity index (χ3v) is 2.50. The Morgan fingerprint density at radius 2 is 2.00 bits per heavy atom. The second kappa shape index (κ2) is 7.03. The number of benzene rings is 1. The van der Waals surface area contributed by atoms with Crippen molar-refractivity contribution < 1.29 is 4.39 Å². The van der Waals surface area contributed by atoms with Gasteiger partial charge in [0.2, 0.25) is 0 Å². The van der Waals surface area contributed by atoms with E-state index in [4.69, 9.17) is 0 Å². The van der Waals surface area contributed by atoms with E-state index in [1.54, 1.807) is 0 Å². The molecule has 1 rings (SSSR count). The maximum absolute atomic E-state index is 12.8. The van der Waals surface area contributed by atoms with Gasteiger partial charge in [-0.3, -0.25) is 0 Å². The minimum Gasteiger partial charge on any atom is -0.309 e. The molecule has 0 aliphatic heterocycles. The SMILES string of the molecule is CC#CCCNC(CC)c1ccc(F)cc1. The molecule has 0 spiro atoms. The number of rotatable bonds is 5. The van der Waals surface area contributed by atoms with Crippen LogP contribution in [0.2, 0.25) is 0 Å². The van der Waals surface area contributed by atoms with Gasteiger partial charge >= 0.3 is 0 Å². The van der Waals surface area contributed by atoms with Crippen molar-refractivity contribution in [3.63, 3.8) is 0 Å². The Hall–Kier alpha value is -1.33. The molecule has 1 aromatic carbocycles. The van der Waals surface area contributed by atoms with Crippen LogP contribution in [0.4, 0.5) is 4.39 Å². The van der Waals surface area contributed by atoms with Crippen LogP contribution in [-0.2, 0) is 0 Å². The fourth-order valence-corrected chi connectivity index (χ4v) is 1.63. The van der Waals surface area contributed by atoms with Crippen LogP contribution in [0.1, 0.15) is 38.3 Å². The first-order valence-electron chi connectivity index (χ1n) is 5.66. The van der Waals surface area contributed by atoms with Gasteiger partial charge in [-0.15, -0.1) is 11.8 Å². The molecule has 1 atom stereocenters. The van der Waals surface area contributed by atoms with E-state index in [0.29, 0.717) is 6.04 Å². The average molecular weight is 219 g/mol. The van der Waals surface area contributed by atoms with Crippen molar-refractivity contribution in [3.05, 3.63) is 35.6 Å². The second-order valence-electron chi connectivity index (χ2n) is 3.64. The molecule has 16 heavy (non-hydrogen) atoms. The molecule has 0 aliphatic carbocycles. The van der Waals surface area contributed by atoms with Crippen molar-refractivity contribution in [2.75, 3.05) is 6.54 Å². The minimum atomic E-state index is -0.185. The Kier molecular flexibility index (Phi) is 5.60. The fraction of sp³-hybridized carbons (Fsp3) is 0.429. The summed E-state index contributed by atoms with van der Waals surface area (Å²) in [5, 5.41) is 3.42. The molecule has 0 saturated carbocycles. The Morgan fingerprint density at radius 3 is 2.56 bits per heavy atom. The van der Waals surface area contributed by atoms with Crippen molar-refractivity contribution >= 4 is 0 Å². The lowest BCUT2D eigenvalue weighted by Gasteiger charge is -2.16. The summed E-state index contributed by atoms with van der Waals surface area (Å²) in [7, 11) is 0. The van der Waals surface area contributed by atoms with Gasteiger partial charge in [0, 0.05) is 19.0 Å². The molecule has 0 amide bonds. The van der Waals surface area contributed by atoms with Crippen LogP contribution in [0.3, 0.4) is 0 Å². The van der Waals surface area contributed by atoms with Crippen LogP contribution < -0.4 is 5.32 Å². The van der Waals surface area contributed by atoms with E-state index in [9.17, 15) is 4.39 Å². The lowest BCUT2D eigenvalue weighted by molar-refractivity contribution is 0.526. The fourth-order valence-electron chi connectivity index (χ4n) is 1.63. The van der Waals surface area contributed by atoms with Crippen LogP contribution in [0, 0.1) is 17.7 Å². The van der Waals surface area contributed by atoms with E-state index in [1.165, 1.54) is 12.1 Å². The smallest absolute Gasteiger partial charge is 0.123 e. The molecule has 0 radical (unpaired) electrons. The van der Waals surface area contributed by atoms with Crippen molar-refractivity contribution in [2.45, 2.75) is 32.7 Å². The molecule has 0 saturated heterocycles. The maximum atomic E-state index is 12.8. The predicted molar refractivity (Wildman–Crippen MR) is 65.5 cm³/mol. The summed E-state index contributed by atoms with van der Waals surface area (Å²) in [6, 6.07) is 6.97. The summed E-state index contributed by atoms with van der Waals surface area (Å²) in [5.41, 5.74) is 1.13. The van der Waals surface area contributed by atoms with E-state index in [2.05, 4.69) is 24.1 Å². The predicted octanol–water partition coefficient (Wildman–Crippen LogP) is 3.28. The first kappa shape index (κ1) is 12.7. The maximum Gasteiger partial charge on any atom is 0.123 e. The molecule has 86 valence electrons. The Morgan fingerprint density at radius 1 is 1.31 bits per heavy atom. The third kappa shape index (κ3) is 4.04. The summed E-state index contributed by atoms with van der Waals surface area (Å²) < 4.78 is 12.8. The molecule has 0 aliphatic rings. The van der Waals surface area contributed by atoms with Crippen molar-refractivity contribution in [1.82, 2.24) is 5.32 Å². The summed E-state index contributed by atoms with van der Waals surface area (Å²) in [6.07, 6.45) is 1.85. The Labute approximate surface area is 97.1 Å². The molecule has 0 fully saturated rings. The zero-order valence-corrected chi connectivity index (χ0v) is 9.89. The topological polar surface area (TPSA) is 12.0 Å². The zero-order valence-electron chi connectivity index (χ0n) is 9.89. The van der Waals surface area contributed by atoms with Crippen molar-refractivity contribution in [1.29, 1.82) is 0 Å². The molecule has 0 heterocycles. The average Bonchev–Trinajstić information content (AvgIpc) is 2.31. The Balaban J connectivity index is 2.52. The van der Waals surface area contributed by atoms with E-state index >= 15 is 0 Å². The van der Waals surface area contributed by atoms with Crippen molar-refractivity contribution in [3.8, 4) is 11.8 Å². The zero-order chi connectivity index (χ0) is 11.8. The standard InChI is InChI=1S/C14H18FN/c1-3-5-6-11-16-14(4-2)12-7-9-13(15)10-8-12/h7-10,14,16H,4,6,11H2,1-2H3. The van der Waals surface area contributed by atoms with Gasteiger partial charge in [-0.25, -0.2) is 4.39 Å². The first-order chi connectivity index (χ1) is 7.77. The molecule has 0 bridgehead atoms. The molecule has 1 aromatic rings. The molecule has 0 aromatic heterocycles. The molecule has 2 heteroatoms. The molecular weight excluding hydrogens is 201 g/mol. The van der Waals surface area contributed by atoms with Gasteiger partial charge in [-0.1, -0.05) is 19.1 Å². The van der Waals surface area contributed by atoms with Gasteiger partial charge in [-0.05, 0) is 31.0 Å². The Bertz CT molecular complexity index is 359. The number of halogens is 1. The molecule has 1 nitrogen and oxygen atoms in total. The molecule has 1 unspecified atom stereocenters. The van der Waals surface area contributed by atoms with Crippen LogP contribution in [0.25, 0.3) is 0 Å². The summed E-state index contributed by atoms with van der Waals surface area (Å²) in [5.74, 6) is 5.70. The lowest BCUT2D eigenvalue weighted by Crippen LogP contribution is -2.21. The van der Waals surface area contributed by atoms with Crippen molar-refractivity contribution in [2.24, 2.45) is 0 Å². The van der Waals surface area contributed by atoms with Gasteiger partial charge in [-0.2, -0.15) is 0 Å². The molecule has 1 N–H and O–H groups in total. The quantitative estimate of drug-likeness (QED) is 0.592. The van der Waals surface area contributed by atoms with Gasteiger partial charge in [0.15, 0.2) is 0 Å². The van der Waals surface area contributed by atoms with Gasteiger partial charge < -0.3 is 5.32 Å². The minimum absolute atomic E-state index is 0.185. The summed E-state index contributed by atoms with van der Waals surface area (Å²) in [4.78, 5) is 0. The highest BCUT2D eigenvalue weighted by Gasteiger charge is 2.07. The van der Waals surface area contributed by atoms with E-state index in [-0.39, 0.29) is 5.82 Å². The number of hydrogen-bond acceptors (Lipinski definition) is 1. The van der Waals surface area contributed by atoms with E-state index < -0.39 is 0 Å². The van der Waals surface area contributed by atoms with Gasteiger partial charge in [0.1, 0.15) is 5.82 Å². The second-order valence-corrected chi connectivity index (χ2v) is 3.64. The molecular formula is C14H18FN. The van der Waals surface area contributed by atoms with Gasteiger partial charge in [0.05, 0.1) is 0 Å². The van der Waals surface area contributed by atoms with E-state index in [0.717, 1.165) is 24.9 Å². The highest BCUT2D eigenvalue weighted by Crippen LogP contribution is 2.16. The largest absolute Gasteiger partial charge is 0.309 e. The first-order valence-corrected chi connectivity index (χ1v) is 5.66. The monoisotopic (exact) mass is 219 g/mol. The van der Waals surface area contributed by atoms with Crippen LogP contribution in [0.5, 0.6) is 0 Å².